The van der Waals surface area contributed by atoms with Gasteiger partial charge in [-0.3, -0.25) is 0 Å². The average molecular weight is 198 g/mol. The summed E-state index contributed by atoms with van der Waals surface area (Å²) in [5.41, 5.74) is 1.46. The fourth-order valence-corrected chi connectivity index (χ4v) is 2.62. The van der Waals surface area contributed by atoms with Gasteiger partial charge in [-0.1, -0.05) is 6.92 Å². The van der Waals surface area contributed by atoms with Gasteiger partial charge in [0.05, 0.1) is 0 Å². The monoisotopic (exact) mass is 198 g/mol. The molecular formula is C11H18OS. The van der Waals surface area contributed by atoms with Crippen molar-refractivity contribution in [3.8, 4) is 0 Å². The summed E-state index contributed by atoms with van der Waals surface area (Å²) >= 11 is 1.95. The van der Waals surface area contributed by atoms with Crippen molar-refractivity contribution in [2.45, 2.75) is 33.1 Å². The maximum absolute atomic E-state index is 5.03. The Bertz CT molecular complexity index is 253. The molecule has 0 radical (unpaired) electrons. The summed E-state index contributed by atoms with van der Waals surface area (Å²) in [4.78, 5) is 3.04. The van der Waals surface area contributed by atoms with Crippen molar-refractivity contribution < 1.29 is 4.74 Å². The molecule has 0 aromatic carbocycles. The fraction of sp³-hybridized carbons (Fsp3) is 0.636. The van der Waals surface area contributed by atoms with Gasteiger partial charge in [0.2, 0.25) is 0 Å². The second-order valence-corrected chi connectivity index (χ2v) is 4.49. The van der Waals surface area contributed by atoms with Crippen LogP contribution in [-0.2, 0) is 17.6 Å². The molecule has 74 valence electrons. The van der Waals surface area contributed by atoms with Crippen LogP contribution in [0.3, 0.4) is 0 Å². The average Bonchev–Trinajstić information content (AvgIpc) is 2.47. The van der Waals surface area contributed by atoms with Crippen LogP contribution in [0.5, 0.6) is 0 Å². The third kappa shape index (κ3) is 3.12. The van der Waals surface area contributed by atoms with Gasteiger partial charge in [0.1, 0.15) is 0 Å². The Morgan fingerprint density at radius 3 is 2.77 bits per heavy atom. The third-order valence-electron chi connectivity index (χ3n) is 2.16. The summed E-state index contributed by atoms with van der Waals surface area (Å²) in [6.45, 7) is 5.30. The molecule has 0 saturated carbocycles. The highest BCUT2D eigenvalue weighted by molar-refractivity contribution is 7.12. The molecule has 0 aliphatic rings. The molecule has 1 aromatic rings. The van der Waals surface area contributed by atoms with Gasteiger partial charge in [0.25, 0.3) is 0 Å². The van der Waals surface area contributed by atoms with Gasteiger partial charge in [0.15, 0.2) is 0 Å². The SMILES string of the molecule is CCc1sc(CCCOC)cc1C. The Hall–Kier alpha value is -0.340. The van der Waals surface area contributed by atoms with Gasteiger partial charge in [-0.05, 0) is 37.8 Å². The second-order valence-electron chi connectivity index (χ2n) is 3.27. The lowest BCUT2D eigenvalue weighted by molar-refractivity contribution is 0.195. The lowest BCUT2D eigenvalue weighted by atomic mass is 10.2. The minimum absolute atomic E-state index is 0.873. The van der Waals surface area contributed by atoms with E-state index in [2.05, 4.69) is 19.9 Å². The molecule has 0 fully saturated rings. The number of methoxy groups -OCH3 is 1. The highest BCUT2D eigenvalue weighted by Gasteiger charge is 2.02. The molecule has 0 spiro atoms. The predicted octanol–water partition coefficient (Wildman–Crippen LogP) is 3.20. The number of hydrogen-bond acceptors (Lipinski definition) is 2. The van der Waals surface area contributed by atoms with Crippen LogP contribution in [0, 0.1) is 6.92 Å². The lowest BCUT2D eigenvalue weighted by Crippen LogP contribution is -1.89. The molecule has 1 nitrogen and oxygen atoms in total. The largest absolute Gasteiger partial charge is 0.385 e. The molecule has 0 amide bonds. The standard InChI is InChI=1S/C11H18OS/c1-4-11-9(2)8-10(13-11)6-5-7-12-3/h8H,4-7H2,1-3H3. The van der Waals surface area contributed by atoms with Crippen molar-refractivity contribution in [2.75, 3.05) is 13.7 Å². The van der Waals surface area contributed by atoms with E-state index in [1.807, 2.05) is 11.3 Å². The highest BCUT2D eigenvalue weighted by Crippen LogP contribution is 2.23. The molecule has 0 aliphatic carbocycles. The van der Waals surface area contributed by atoms with E-state index < -0.39 is 0 Å². The Morgan fingerprint density at radius 2 is 2.23 bits per heavy atom. The van der Waals surface area contributed by atoms with Gasteiger partial charge in [0, 0.05) is 23.5 Å². The first kappa shape index (κ1) is 10.7. The van der Waals surface area contributed by atoms with E-state index in [4.69, 9.17) is 4.74 Å². The van der Waals surface area contributed by atoms with Crippen LogP contribution in [-0.4, -0.2) is 13.7 Å². The molecule has 1 rings (SSSR count). The van der Waals surface area contributed by atoms with Gasteiger partial charge < -0.3 is 4.74 Å². The Kier molecular flexibility index (Phi) is 4.46. The zero-order valence-corrected chi connectivity index (χ0v) is 9.54. The molecule has 0 unspecified atom stereocenters. The maximum Gasteiger partial charge on any atom is 0.0465 e. The quantitative estimate of drug-likeness (QED) is 0.660. The molecule has 13 heavy (non-hydrogen) atoms. The first-order chi connectivity index (χ1) is 6.27. The molecule has 0 atom stereocenters. The van der Waals surface area contributed by atoms with E-state index in [-0.39, 0.29) is 0 Å². The second kappa shape index (κ2) is 5.40. The van der Waals surface area contributed by atoms with Crippen molar-refractivity contribution in [3.05, 3.63) is 21.4 Å². The summed E-state index contributed by atoms with van der Waals surface area (Å²) in [6.07, 6.45) is 3.47. The molecular weight excluding hydrogens is 180 g/mol. The minimum atomic E-state index is 0.873. The summed E-state index contributed by atoms with van der Waals surface area (Å²) < 4.78 is 5.03. The Labute approximate surface area is 84.7 Å². The van der Waals surface area contributed by atoms with Gasteiger partial charge >= 0.3 is 0 Å². The Balaban J connectivity index is 2.48. The first-order valence-corrected chi connectivity index (χ1v) is 5.66. The van der Waals surface area contributed by atoms with E-state index >= 15 is 0 Å². The molecule has 2 heteroatoms. The van der Waals surface area contributed by atoms with Crippen LogP contribution in [0.15, 0.2) is 6.07 Å². The predicted molar refractivity (Wildman–Crippen MR) is 58.6 cm³/mol. The van der Waals surface area contributed by atoms with Crippen molar-refractivity contribution in [1.29, 1.82) is 0 Å². The van der Waals surface area contributed by atoms with Gasteiger partial charge in [-0.25, -0.2) is 0 Å². The first-order valence-electron chi connectivity index (χ1n) is 4.85. The molecule has 1 heterocycles. The van der Waals surface area contributed by atoms with E-state index in [1.54, 1.807) is 7.11 Å². The fourth-order valence-electron chi connectivity index (χ4n) is 1.46. The van der Waals surface area contributed by atoms with E-state index in [0.717, 1.165) is 13.0 Å². The van der Waals surface area contributed by atoms with Crippen molar-refractivity contribution in [2.24, 2.45) is 0 Å². The van der Waals surface area contributed by atoms with Crippen LogP contribution in [0.2, 0.25) is 0 Å². The highest BCUT2D eigenvalue weighted by atomic mass is 32.1. The van der Waals surface area contributed by atoms with E-state index in [9.17, 15) is 0 Å². The molecule has 0 N–H and O–H groups in total. The topological polar surface area (TPSA) is 9.23 Å². The van der Waals surface area contributed by atoms with Crippen molar-refractivity contribution in [3.63, 3.8) is 0 Å². The number of ether oxygens (including phenoxy) is 1. The van der Waals surface area contributed by atoms with E-state index in [1.165, 1.54) is 28.2 Å². The molecule has 0 bridgehead atoms. The number of aryl methyl sites for hydroxylation is 3. The van der Waals surface area contributed by atoms with Crippen LogP contribution in [0.4, 0.5) is 0 Å². The smallest absolute Gasteiger partial charge is 0.0465 e. The zero-order chi connectivity index (χ0) is 9.68. The third-order valence-corrected chi connectivity index (χ3v) is 3.61. The number of rotatable bonds is 5. The summed E-state index contributed by atoms with van der Waals surface area (Å²) in [7, 11) is 1.76. The number of thiophene rings is 1. The van der Waals surface area contributed by atoms with Crippen LogP contribution >= 0.6 is 11.3 Å². The van der Waals surface area contributed by atoms with Crippen LogP contribution in [0.1, 0.15) is 28.7 Å². The van der Waals surface area contributed by atoms with E-state index in [0.29, 0.717) is 0 Å². The van der Waals surface area contributed by atoms with Gasteiger partial charge in [-0.15, -0.1) is 11.3 Å². The van der Waals surface area contributed by atoms with Crippen LogP contribution < -0.4 is 0 Å². The maximum atomic E-state index is 5.03. The minimum Gasteiger partial charge on any atom is -0.385 e. The lowest BCUT2D eigenvalue weighted by Gasteiger charge is -1.95. The number of hydrogen-bond donors (Lipinski definition) is 0. The normalized spacial score (nSPS) is 10.7. The molecule has 0 saturated heterocycles. The molecule has 1 aromatic heterocycles. The summed E-state index contributed by atoms with van der Waals surface area (Å²) in [5.74, 6) is 0. The zero-order valence-electron chi connectivity index (χ0n) is 8.72. The van der Waals surface area contributed by atoms with Crippen molar-refractivity contribution in [1.82, 2.24) is 0 Å². The summed E-state index contributed by atoms with van der Waals surface area (Å²) in [6, 6.07) is 2.32. The molecule has 0 aliphatic heterocycles. The summed E-state index contributed by atoms with van der Waals surface area (Å²) in [5, 5.41) is 0. The van der Waals surface area contributed by atoms with Gasteiger partial charge in [-0.2, -0.15) is 0 Å². The Morgan fingerprint density at radius 1 is 1.46 bits per heavy atom. The van der Waals surface area contributed by atoms with Crippen LogP contribution in [0.25, 0.3) is 0 Å². The van der Waals surface area contributed by atoms with Crippen molar-refractivity contribution >= 4 is 11.3 Å².